The first-order valence-electron chi connectivity index (χ1n) is 12.8. The Bertz CT molecular complexity index is 971. The average Bonchev–Trinajstić information content (AvgIpc) is 3.15. The molecule has 0 spiro atoms. The molecule has 0 aliphatic carbocycles. The number of hydrogen-bond donors (Lipinski definition) is 1. The fourth-order valence-corrected chi connectivity index (χ4v) is 5.55. The molecular weight excluding hydrogens is 431 g/mol. The quantitative estimate of drug-likeness (QED) is 0.724. The van der Waals surface area contributed by atoms with Crippen LogP contribution < -0.4 is 10.2 Å². The number of halogens is 1. The van der Waals surface area contributed by atoms with Crippen molar-refractivity contribution in [3.05, 3.63) is 47.9 Å². The van der Waals surface area contributed by atoms with E-state index in [2.05, 4.69) is 20.1 Å². The molecule has 7 nitrogen and oxygen atoms in total. The van der Waals surface area contributed by atoms with Crippen LogP contribution in [0.5, 0.6) is 0 Å². The number of nitrogens with one attached hydrogen (secondary N) is 1. The van der Waals surface area contributed by atoms with E-state index in [0.717, 1.165) is 70.3 Å². The van der Waals surface area contributed by atoms with Crippen molar-refractivity contribution in [3.63, 3.8) is 0 Å². The van der Waals surface area contributed by atoms with Crippen LogP contribution in [-0.4, -0.2) is 77.0 Å². The van der Waals surface area contributed by atoms with Crippen molar-refractivity contribution < 1.29 is 9.18 Å². The number of carbonyl (C=O) groups is 1. The van der Waals surface area contributed by atoms with Crippen LogP contribution in [0.4, 0.5) is 16.2 Å². The maximum Gasteiger partial charge on any atom is 0.253 e. The molecule has 1 unspecified atom stereocenters. The Hall–Kier alpha value is -2.74. The van der Waals surface area contributed by atoms with Gasteiger partial charge in [-0.25, -0.2) is 9.37 Å². The third-order valence-electron chi connectivity index (χ3n) is 7.46. The molecule has 2 aromatic rings. The Morgan fingerprint density at radius 3 is 2.53 bits per heavy atom. The van der Waals surface area contributed by atoms with Crippen LogP contribution in [0.1, 0.15) is 55.3 Å². The van der Waals surface area contributed by atoms with E-state index >= 15 is 0 Å². The summed E-state index contributed by atoms with van der Waals surface area (Å²) in [6.07, 6.45) is 9.93. The molecule has 0 saturated carbocycles. The van der Waals surface area contributed by atoms with E-state index in [1.165, 1.54) is 37.8 Å². The predicted octanol–water partition coefficient (Wildman–Crippen LogP) is 3.79. The summed E-state index contributed by atoms with van der Waals surface area (Å²) in [6, 6.07) is 8.83. The lowest BCUT2D eigenvalue weighted by molar-refractivity contribution is 0.0643. The van der Waals surface area contributed by atoms with Crippen molar-refractivity contribution in [1.29, 1.82) is 0 Å². The fourth-order valence-electron chi connectivity index (χ4n) is 5.55. The largest absolute Gasteiger partial charge is 0.356 e. The molecule has 1 aromatic carbocycles. The molecule has 3 aliphatic heterocycles. The fraction of sp³-hybridized carbons (Fsp3) is 0.577. The van der Waals surface area contributed by atoms with Gasteiger partial charge in [0.05, 0.1) is 0 Å². The van der Waals surface area contributed by atoms with Crippen LogP contribution in [0.3, 0.4) is 0 Å². The highest BCUT2D eigenvalue weighted by Crippen LogP contribution is 2.24. The standard InChI is InChI=1S/C26H35FN6O/c27-21-7-5-6-20(18-21)25(34)32-16-10-23(11-17-32)33-15-9-22(19-33)29-26-28-12-8-24(30-26)31-13-3-1-2-4-14-31/h5-8,12,18,22-23H,1-4,9-11,13-17,19H2,(H,28,29,30). The van der Waals surface area contributed by atoms with Crippen molar-refractivity contribution in [1.82, 2.24) is 19.8 Å². The molecule has 1 atom stereocenters. The van der Waals surface area contributed by atoms with E-state index in [1.807, 2.05) is 17.2 Å². The third-order valence-corrected chi connectivity index (χ3v) is 7.46. The van der Waals surface area contributed by atoms with Gasteiger partial charge in [0.25, 0.3) is 5.91 Å². The van der Waals surface area contributed by atoms with Gasteiger partial charge in [0.15, 0.2) is 0 Å². The molecule has 1 amide bonds. The molecule has 4 heterocycles. The van der Waals surface area contributed by atoms with Crippen molar-refractivity contribution in [2.75, 3.05) is 49.5 Å². The van der Waals surface area contributed by atoms with Crippen LogP contribution >= 0.6 is 0 Å². The molecule has 3 aliphatic rings. The van der Waals surface area contributed by atoms with Gasteiger partial charge in [-0.2, -0.15) is 4.98 Å². The summed E-state index contributed by atoms with van der Waals surface area (Å²) in [6.45, 7) is 5.61. The highest BCUT2D eigenvalue weighted by molar-refractivity contribution is 5.94. The Kier molecular flexibility index (Phi) is 7.23. The van der Waals surface area contributed by atoms with E-state index in [-0.39, 0.29) is 11.7 Å². The molecule has 1 N–H and O–H groups in total. The normalized spacial score (nSPS) is 22.6. The van der Waals surface area contributed by atoms with E-state index in [1.54, 1.807) is 12.1 Å². The second-order valence-electron chi connectivity index (χ2n) is 9.80. The third kappa shape index (κ3) is 5.49. The first kappa shape index (κ1) is 23.0. The van der Waals surface area contributed by atoms with Crippen LogP contribution in [0.15, 0.2) is 36.5 Å². The van der Waals surface area contributed by atoms with Crippen LogP contribution in [-0.2, 0) is 0 Å². The highest BCUT2D eigenvalue weighted by Gasteiger charge is 2.32. The smallest absolute Gasteiger partial charge is 0.253 e. The molecule has 3 saturated heterocycles. The van der Waals surface area contributed by atoms with E-state index in [4.69, 9.17) is 4.98 Å². The number of amides is 1. The van der Waals surface area contributed by atoms with Crippen molar-refractivity contribution >= 4 is 17.7 Å². The van der Waals surface area contributed by atoms with Crippen molar-refractivity contribution in [2.24, 2.45) is 0 Å². The first-order chi connectivity index (χ1) is 16.7. The Labute approximate surface area is 201 Å². The first-order valence-corrected chi connectivity index (χ1v) is 12.8. The molecule has 0 radical (unpaired) electrons. The minimum atomic E-state index is -0.364. The molecule has 3 fully saturated rings. The van der Waals surface area contributed by atoms with Gasteiger partial charge in [-0.15, -0.1) is 0 Å². The Balaban J connectivity index is 1.11. The lowest BCUT2D eigenvalue weighted by Gasteiger charge is -2.36. The number of likely N-dealkylation sites (tertiary alicyclic amines) is 2. The van der Waals surface area contributed by atoms with Gasteiger partial charge in [0.2, 0.25) is 5.95 Å². The number of aromatic nitrogens is 2. The minimum absolute atomic E-state index is 0.0691. The SMILES string of the molecule is O=C(c1cccc(F)c1)N1CCC(N2CCC(Nc3nccc(N4CCCCCC4)n3)C2)CC1. The summed E-state index contributed by atoms with van der Waals surface area (Å²) in [5.74, 6) is 1.33. The molecule has 5 rings (SSSR count). The summed E-state index contributed by atoms with van der Waals surface area (Å²) in [4.78, 5) is 28.8. The summed E-state index contributed by atoms with van der Waals surface area (Å²) in [5, 5.41) is 3.57. The van der Waals surface area contributed by atoms with Gasteiger partial charge in [-0.1, -0.05) is 18.9 Å². The molecule has 34 heavy (non-hydrogen) atoms. The topological polar surface area (TPSA) is 64.6 Å². The molecular formula is C26H35FN6O. The lowest BCUT2D eigenvalue weighted by atomic mass is 10.0. The molecule has 182 valence electrons. The minimum Gasteiger partial charge on any atom is -0.356 e. The lowest BCUT2D eigenvalue weighted by Crippen LogP contribution is -2.46. The molecule has 8 heteroatoms. The summed E-state index contributed by atoms with van der Waals surface area (Å²) >= 11 is 0. The highest BCUT2D eigenvalue weighted by atomic mass is 19.1. The average molecular weight is 467 g/mol. The molecule has 0 bridgehead atoms. The number of nitrogens with zero attached hydrogens (tertiary/aromatic N) is 5. The van der Waals surface area contributed by atoms with Gasteiger partial charge in [-0.05, 0) is 56.4 Å². The van der Waals surface area contributed by atoms with Gasteiger partial charge in [0.1, 0.15) is 11.6 Å². The van der Waals surface area contributed by atoms with E-state index < -0.39 is 0 Å². The van der Waals surface area contributed by atoms with Crippen LogP contribution in [0.2, 0.25) is 0 Å². The monoisotopic (exact) mass is 466 g/mol. The van der Waals surface area contributed by atoms with Gasteiger partial charge < -0.3 is 15.1 Å². The summed E-state index contributed by atoms with van der Waals surface area (Å²) in [5.41, 5.74) is 0.436. The molecule has 1 aromatic heterocycles. The van der Waals surface area contributed by atoms with Gasteiger partial charge in [0, 0.05) is 63.1 Å². The van der Waals surface area contributed by atoms with Crippen LogP contribution in [0.25, 0.3) is 0 Å². The number of benzene rings is 1. The summed E-state index contributed by atoms with van der Waals surface area (Å²) in [7, 11) is 0. The second kappa shape index (κ2) is 10.7. The zero-order chi connectivity index (χ0) is 23.3. The predicted molar refractivity (Wildman–Crippen MR) is 132 cm³/mol. The van der Waals surface area contributed by atoms with Crippen molar-refractivity contribution in [2.45, 2.75) is 57.0 Å². The number of anilines is 2. The summed E-state index contributed by atoms with van der Waals surface area (Å²) < 4.78 is 13.5. The maximum absolute atomic E-state index is 13.5. The van der Waals surface area contributed by atoms with Gasteiger partial charge in [-0.3, -0.25) is 9.69 Å². The van der Waals surface area contributed by atoms with E-state index in [0.29, 0.717) is 17.6 Å². The number of rotatable bonds is 5. The number of carbonyl (C=O) groups excluding carboxylic acids is 1. The zero-order valence-electron chi connectivity index (χ0n) is 19.8. The second-order valence-corrected chi connectivity index (χ2v) is 9.80. The number of piperidine rings is 1. The van der Waals surface area contributed by atoms with Gasteiger partial charge >= 0.3 is 0 Å². The Morgan fingerprint density at radius 1 is 0.971 bits per heavy atom. The number of hydrogen-bond acceptors (Lipinski definition) is 6. The van der Waals surface area contributed by atoms with E-state index in [9.17, 15) is 9.18 Å². The van der Waals surface area contributed by atoms with Crippen molar-refractivity contribution in [3.8, 4) is 0 Å². The maximum atomic E-state index is 13.5. The van der Waals surface area contributed by atoms with Crippen LogP contribution in [0, 0.1) is 5.82 Å². The Morgan fingerprint density at radius 2 is 1.76 bits per heavy atom. The zero-order valence-corrected chi connectivity index (χ0v) is 19.8.